The van der Waals surface area contributed by atoms with Gasteiger partial charge in [-0.25, -0.2) is 4.98 Å². The van der Waals surface area contributed by atoms with Gasteiger partial charge in [-0.1, -0.05) is 17.7 Å². The van der Waals surface area contributed by atoms with Gasteiger partial charge in [0.2, 0.25) is 0 Å². The molecule has 19 heavy (non-hydrogen) atoms. The topological polar surface area (TPSA) is 35.0 Å². The van der Waals surface area contributed by atoms with E-state index >= 15 is 0 Å². The van der Waals surface area contributed by atoms with Gasteiger partial charge in [-0.05, 0) is 35.7 Å². The Bertz CT molecular complexity index is 729. The van der Waals surface area contributed by atoms with Crippen LogP contribution in [0, 0.1) is 0 Å². The molecule has 3 nitrogen and oxygen atoms in total. The average molecular weight is 271 g/mol. The molecule has 0 saturated carbocycles. The van der Waals surface area contributed by atoms with Crippen molar-refractivity contribution in [3.8, 4) is 17.0 Å². The Kier molecular flexibility index (Phi) is 3.05. The molecule has 0 unspecified atom stereocenters. The van der Waals surface area contributed by atoms with Crippen molar-refractivity contribution in [3.05, 3.63) is 53.9 Å². The van der Waals surface area contributed by atoms with Gasteiger partial charge in [0.25, 0.3) is 0 Å². The molecule has 0 aliphatic rings. The van der Waals surface area contributed by atoms with Crippen molar-refractivity contribution >= 4 is 22.4 Å². The van der Waals surface area contributed by atoms with Crippen LogP contribution in [0.2, 0.25) is 5.15 Å². The minimum absolute atomic E-state index is 0.468. The standard InChI is InChI=1S/C15H11ClN2O/c1-19-12-5-4-10-7-14(11-3-2-6-17-9-11)18-15(16)13(10)8-12/h2-9H,1H3. The number of ether oxygens (including phenoxy) is 1. The lowest BCUT2D eigenvalue weighted by atomic mass is 10.1. The number of fused-ring (bicyclic) bond motifs is 1. The highest BCUT2D eigenvalue weighted by Gasteiger charge is 2.07. The number of halogens is 1. The fourth-order valence-corrected chi connectivity index (χ4v) is 2.23. The molecule has 4 heteroatoms. The van der Waals surface area contributed by atoms with E-state index in [4.69, 9.17) is 16.3 Å². The SMILES string of the molecule is COc1ccc2cc(-c3cccnc3)nc(Cl)c2c1. The number of methoxy groups -OCH3 is 1. The Hall–Kier alpha value is -2.13. The molecular formula is C15H11ClN2O. The summed E-state index contributed by atoms with van der Waals surface area (Å²) in [4.78, 5) is 8.51. The minimum Gasteiger partial charge on any atom is -0.497 e. The van der Waals surface area contributed by atoms with Gasteiger partial charge >= 0.3 is 0 Å². The van der Waals surface area contributed by atoms with Gasteiger partial charge in [-0.15, -0.1) is 0 Å². The van der Waals surface area contributed by atoms with Gasteiger partial charge in [0.15, 0.2) is 0 Å². The van der Waals surface area contributed by atoms with Gasteiger partial charge in [0.05, 0.1) is 12.8 Å². The number of pyridine rings is 2. The third-order valence-corrected chi connectivity index (χ3v) is 3.24. The monoisotopic (exact) mass is 270 g/mol. The summed E-state index contributed by atoms with van der Waals surface area (Å²) >= 11 is 6.25. The first-order valence-corrected chi connectivity index (χ1v) is 6.20. The second-order valence-corrected chi connectivity index (χ2v) is 4.49. The molecule has 0 radical (unpaired) electrons. The third kappa shape index (κ3) is 2.25. The molecule has 2 heterocycles. The van der Waals surface area contributed by atoms with E-state index in [-0.39, 0.29) is 0 Å². The maximum absolute atomic E-state index is 6.25. The lowest BCUT2D eigenvalue weighted by molar-refractivity contribution is 0.415. The summed E-state index contributed by atoms with van der Waals surface area (Å²) < 4.78 is 5.20. The van der Waals surface area contributed by atoms with Crippen molar-refractivity contribution in [1.29, 1.82) is 0 Å². The molecule has 0 saturated heterocycles. The first kappa shape index (κ1) is 11.9. The number of nitrogens with zero attached hydrogens (tertiary/aromatic N) is 2. The van der Waals surface area contributed by atoms with Crippen LogP contribution in [0.25, 0.3) is 22.0 Å². The van der Waals surface area contributed by atoms with E-state index in [0.29, 0.717) is 5.15 Å². The Labute approximate surface area is 115 Å². The Morgan fingerprint density at radius 3 is 2.79 bits per heavy atom. The molecule has 0 aliphatic heterocycles. The maximum atomic E-state index is 6.25. The number of hydrogen-bond donors (Lipinski definition) is 0. The van der Waals surface area contributed by atoms with Crippen LogP contribution in [0.15, 0.2) is 48.8 Å². The molecule has 0 spiro atoms. The van der Waals surface area contributed by atoms with Crippen LogP contribution in [0.5, 0.6) is 5.75 Å². The second-order valence-electron chi connectivity index (χ2n) is 4.13. The Morgan fingerprint density at radius 1 is 1.16 bits per heavy atom. The number of hydrogen-bond acceptors (Lipinski definition) is 3. The van der Waals surface area contributed by atoms with Gasteiger partial charge in [0, 0.05) is 23.3 Å². The Balaban J connectivity index is 2.20. The molecule has 3 aromatic rings. The quantitative estimate of drug-likeness (QED) is 0.661. The fourth-order valence-electron chi connectivity index (χ4n) is 1.97. The normalized spacial score (nSPS) is 10.6. The summed E-state index contributed by atoms with van der Waals surface area (Å²) in [6.07, 6.45) is 3.50. The zero-order chi connectivity index (χ0) is 13.2. The van der Waals surface area contributed by atoms with Gasteiger partial charge in [0.1, 0.15) is 10.9 Å². The zero-order valence-electron chi connectivity index (χ0n) is 10.3. The molecule has 94 valence electrons. The lowest BCUT2D eigenvalue weighted by Crippen LogP contribution is -1.88. The van der Waals surface area contributed by atoms with E-state index in [1.807, 2.05) is 36.4 Å². The first-order chi connectivity index (χ1) is 9.28. The number of benzene rings is 1. The van der Waals surface area contributed by atoms with Gasteiger partial charge < -0.3 is 4.74 Å². The van der Waals surface area contributed by atoms with Crippen LogP contribution in [-0.4, -0.2) is 17.1 Å². The highest BCUT2D eigenvalue weighted by Crippen LogP contribution is 2.29. The average Bonchev–Trinajstić information content (AvgIpc) is 2.48. The highest BCUT2D eigenvalue weighted by molar-refractivity contribution is 6.34. The molecule has 0 atom stereocenters. The third-order valence-electron chi connectivity index (χ3n) is 2.95. The highest BCUT2D eigenvalue weighted by atomic mass is 35.5. The van der Waals surface area contributed by atoms with E-state index < -0.39 is 0 Å². The lowest BCUT2D eigenvalue weighted by Gasteiger charge is -2.07. The van der Waals surface area contributed by atoms with Crippen molar-refractivity contribution in [1.82, 2.24) is 9.97 Å². The predicted octanol–water partition coefficient (Wildman–Crippen LogP) is 3.96. The smallest absolute Gasteiger partial charge is 0.137 e. The summed E-state index contributed by atoms with van der Waals surface area (Å²) in [7, 11) is 1.63. The first-order valence-electron chi connectivity index (χ1n) is 5.82. The predicted molar refractivity (Wildman–Crippen MR) is 76.5 cm³/mol. The molecule has 3 rings (SSSR count). The molecule has 0 amide bonds. The van der Waals surface area contributed by atoms with Crippen molar-refractivity contribution in [2.24, 2.45) is 0 Å². The molecule has 0 bridgehead atoms. The van der Waals surface area contributed by atoms with Crippen LogP contribution >= 0.6 is 11.6 Å². The molecule has 1 aromatic carbocycles. The van der Waals surface area contributed by atoms with E-state index in [9.17, 15) is 0 Å². The maximum Gasteiger partial charge on any atom is 0.137 e. The summed E-state index contributed by atoms with van der Waals surface area (Å²) in [5.41, 5.74) is 1.76. The van der Waals surface area contributed by atoms with Gasteiger partial charge in [-0.3, -0.25) is 4.98 Å². The van der Waals surface area contributed by atoms with Crippen LogP contribution < -0.4 is 4.74 Å². The van der Waals surface area contributed by atoms with Crippen LogP contribution in [0.3, 0.4) is 0 Å². The van der Waals surface area contributed by atoms with Crippen LogP contribution in [0.1, 0.15) is 0 Å². The zero-order valence-corrected chi connectivity index (χ0v) is 11.1. The summed E-state index contributed by atoms with van der Waals surface area (Å²) in [5, 5.41) is 2.38. The minimum atomic E-state index is 0.468. The van der Waals surface area contributed by atoms with Gasteiger partial charge in [-0.2, -0.15) is 0 Å². The van der Waals surface area contributed by atoms with E-state index in [1.54, 1.807) is 19.5 Å². The van der Waals surface area contributed by atoms with E-state index in [2.05, 4.69) is 9.97 Å². The van der Waals surface area contributed by atoms with Crippen LogP contribution in [-0.2, 0) is 0 Å². The van der Waals surface area contributed by atoms with E-state index in [0.717, 1.165) is 27.8 Å². The summed E-state index contributed by atoms with van der Waals surface area (Å²) in [5.74, 6) is 0.769. The largest absolute Gasteiger partial charge is 0.497 e. The number of aromatic nitrogens is 2. The molecule has 0 fully saturated rings. The van der Waals surface area contributed by atoms with Crippen molar-refractivity contribution < 1.29 is 4.74 Å². The molecule has 2 aromatic heterocycles. The summed E-state index contributed by atoms with van der Waals surface area (Å²) in [6.45, 7) is 0. The fraction of sp³-hybridized carbons (Fsp3) is 0.0667. The second kappa shape index (κ2) is 4.86. The molecule has 0 N–H and O–H groups in total. The van der Waals surface area contributed by atoms with Crippen molar-refractivity contribution in [2.45, 2.75) is 0 Å². The summed E-state index contributed by atoms with van der Waals surface area (Å²) in [6, 6.07) is 11.6. The van der Waals surface area contributed by atoms with Crippen molar-refractivity contribution in [2.75, 3.05) is 7.11 Å². The molecule has 0 aliphatic carbocycles. The Morgan fingerprint density at radius 2 is 2.05 bits per heavy atom. The van der Waals surface area contributed by atoms with Crippen LogP contribution in [0.4, 0.5) is 0 Å². The number of rotatable bonds is 2. The van der Waals surface area contributed by atoms with Crippen molar-refractivity contribution in [3.63, 3.8) is 0 Å². The van der Waals surface area contributed by atoms with E-state index in [1.165, 1.54) is 0 Å². The molecular weight excluding hydrogens is 260 g/mol.